The number of rotatable bonds is 7. The standard InChI is InChI=1S/C18H19NO5/c1-3-17(20)24-15-9-4-12(10-16(15)23-2)11-19-14-7-5-13(6-8-14)18(21)22/h4-10,19H,3,11H2,1-2H3,(H,21,22). The smallest absolute Gasteiger partial charge is 0.335 e. The minimum atomic E-state index is -0.955. The van der Waals surface area contributed by atoms with Gasteiger partial charge in [0.05, 0.1) is 12.7 Å². The Morgan fingerprint density at radius 1 is 1.08 bits per heavy atom. The Labute approximate surface area is 140 Å². The van der Waals surface area contributed by atoms with Crippen LogP contribution in [-0.4, -0.2) is 24.2 Å². The predicted octanol–water partition coefficient (Wildman–Crippen LogP) is 3.32. The number of aromatic carboxylic acids is 1. The van der Waals surface area contributed by atoms with Crippen molar-refractivity contribution in [1.82, 2.24) is 0 Å². The summed E-state index contributed by atoms with van der Waals surface area (Å²) >= 11 is 0. The molecule has 0 atom stereocenters. The van der Waals surface area contributed by atoms with Gasteiger partial charge in [0.25, 0.3) is 0 Å². The first kappa shape index (κ1) is 17.3. The molecule has 0 aliphatic carbocycles. The van der Waals surface area contributed by atoms with E-state index >= 15 is 0 Å². The lowest BCUT2D eigenvalue weighted by molar-refractivity contribution is -0.134. The van der Waals surface area contributed by atoms with E-state index in [0.717, 1.165) is 11.3 Å². The molecule has 0 aliphatic heterocycles. The number of esters is 1. The van der Waals surface area contributed by atoms with Gasteiger partial charge in [-0.3, -0.25) is 4.79 Å². The minimum absolute atomic E-state index is 0.240. The van der Waals surface area contributed by atoms with Crippen LogP contribution < -0.4 is 14.8 Å². The van der Waals surface area contributed by atoms with Crippen LogP contribution in [0.2, 0.25) is 0 Å². The summed E-state index contributed by atoms with van der Waals surface area (Å²) in [5, 5.41) is 12.1. The van der Waals surface area contributed by atoms with E-state index in [1.165, 1.54) is 7.11 Å². The molecule has 0 heterocycles. The Kier molecular flexibility index (Phi) is 5.78. The maximum Gasteiger partial charge on any atom is 0.335 e. The van der Waals surface area contributed by atoms with Crippen LogP contribution in [0.25, 0.3) is 0 Å². The second-order valence-electron chi connectivity index (χ2n) is 5.05. The molecule has 0 saturated carbocycles. The molecule has 0 unspecified atom stereocenters. The molecule has 0 aliphatic rings. The lowest BCUT2D eigenvalue weighted by Gasteiger charge is -2.12. The highest BCUT2D eigenvalue weighted by molar-refractivity contribution is 5.88. The summed E-state index contributed by atoms with van der Waals surface area (Å²) in [5.41, 5.74) is 1.98. The van der Waals surface area contributed by atoms with Crippen LogP contribution in [0.5, 0.6) is 11.5 Å². The van der Waals surface area contributed by atoms with Gasteiger partial charge in [0.15, 0.2) is 11.5 Å². The van der Waals surface area contributed by atoms with E-state index in [1.54, 1.807) is 43.3 Å². The Bertz CT molecular complexity index is 725. The molecular formula is C18H19NO5. The van der Waals surface area contributed by atoms with Crippen LogP contribution in [0.1, 0.15) is 29.3 Å². The van der Waals surface area contributed by atoms with Crippen LogP contribution >= 0.6 is 0 Å². The van der Waals surface area contributed by atoms with Crippen molar-refractivity contribution in [3.63, 3.8) is 0 Å². The van der Waals surface area contributed by atoms with Gasteiger partial charge in [-0.2, -0.15) is 0 Å². The van der Waals surface area contributed by atoms with Gasteiger partial charge in [-0.05, 0) is 42.0 Å². The number of ether oxygens (including phenoxy) is 2. The van der Waals surface area contributed by atoms with Crippen molar-refractivity contribution in [2.75, 3.05) is 12.4 Å². The van der Waals surface area contributed by atoms with Crippen molar-refractivity contribution < 1.29 is 24.2 Å². The van der Waals surface area contributed by atoms with E-state index in [9.17, 15) is 9.59 Å². The molecule has 2 rings (SSSR count). The Morgan fingerprint density at radius 3 is 2.38 bits per heavy atom. The average Bonchev–Trinajstić information content (AvgIpc) is 2.60. The van der Waals surface area contributed by atoms with Crippen molar-refractivity contribution >= 4 is 17.6 Å². The first-order valence-corrected chi connectivity index (χ1v) is 7.48. The van der Waals surface area contributed by atoms with E-state index in [0.29, 0.717) is 24.5 Å². The number of carboxylic acids is 1. The zero-order valence-corrected chi connectivity index (χ0v) is 13.5. The van der Waals surface area contributed by atoms with Gasteiger partial charge in [-0.25, -0.2) is 4.79 Å². The topological polar surface area (TPSA) is 84.9 Å². The third kappa shape index (κ3) is 4.49. The molecule has 6 nitrogen and oxygen atoms in total. The van der Waals surface area contributed by atoms with Gasteiger partial charge in [0.1, 0.15) is 0 Å². The molecule has 0 amide bonds. The molecule has 6 heteroatoms. The first-order valence-electron chi connectivity index (χ1n) is 7.48. The van der Waals surface area contributed by atoms with E-state index < -0.39 is 5.97 Å². The van der Waals surface area contributed by atoms with Gasteiger partial charge < -0.3 is 19.9 Å². The summed E-state index contributed by atoms with van der Waals surface area (Å²) < 4.78 is 10.5. The fraction of sp³-hybridized carbons (Fsp3) is 0.222. The molecule has 0 fully saturated rings. The molecule has 0 bridgehead atoms. The summed E-state index contributed by atoms with van der Waals surface area (Å²) in [6.07, 6.45) is 0.290. The average molecular weight is 329 g/mol. The predicted molar refractivity (Wildman–Crippen MR) is 89.6 cm³/mol. The van der Waals surface area contributed by atoms with Gasteiger partial charge in [0, 0.05) is 18.7 Å². The molecule has 0 radical (unpaired) electrons. The normalized spacial score (nSPS) is 10.1. The number of anilines is 1. The van der Waals surface area contributed by atoms with Crippen LogP contribution in [-0.2, 0) is 11.3 Å². The van der Waals surface area contributed by atoms with E-state index in [4.69, 9.17) is 14.6 Å². The summed E-state index contributed by atoms with van der Waals surface area (Å²) in [7, 11) is 1.51. The fourth-order valence-corrected chi connectivity index (χ4v) is 2.04. The second-order valence-corrected chi connectivity index (χ2v) is 5.05. The van der Waals surface area contributed by atoms with Crippen molar-refractivity contribution in [1.29, 1.82) is 0 Å². The first-order chi connectivity index (χ1) is 11.5. The maximum absolute atomic E-state index is 11.4. The molecule has 0 saturated heterocycles. The lowest BCUT2D eigenvalue weighted by atomic mass is 10.1. The molecular weight excluding hydrogens is 310 g/mol. The quantitative estimate of drug-likeness (QED) is 0.599. The number of carboxylic acid groups (broad SMARTS) is 1. The number of nitrogens with one attached hydrogen (secondary N) is 1. The number of benzene rings is 2. The molecule has 2 aromatic rings. The number of hydrogen-bond donors (Lipinski definition) is 2. The number of hydrogen-bond acceptors (Lipinski definition) is 5. The third-order valence-electron chi connectivity index (χ3n) is 3.37. The summed E-state index contributed by atoms with van der Waals surface area (Å²) in [6.45, 7) is 2.24. The number of methoxy groups -OCH3 is 1. The van der Waals surface area contributed by atoms with Gasteiger partial charge in [-0.15, -0.1) is 0 Å². The monoisotopic (exact) mass is 329 g/mol. The number of carbonyl (C=O) groups is 2. The van der Waals surface area contributed by atoms with E-state index in [1.807, 2.05) is 6.07 Å². The molecule has 0 spiro atoms. The van der Waals surface area contributed by atoms with Gasteiger partial charge in [0.2, 0.25) is 0 Å². The van der Waals surface area contributed by atoms with Crippen molar-refractivity contribution in [2.24, 2.45) is 0 Å². The summed E-state index contributed by atoms with van der Waals surface area (Å²) in [5.74, 6) is -0.405. The van der Waals surface area contributed by atoms with Crippen LogP contribution in [0, 0.1) is 0 Å². The van der Waals surface area contributed by atoms with Crippen LogP contribution in [0.15, 0.2) is 42.5 Å². The summed E-state index contributed by atoms with van der Waals surface area (Å²) in [6, 6.07) is 11.8. The number of carbonyl (C=O) groups excluding carboxylic acids is 1. The van der Waals surface area contributed by atoms with Gasteiger partial charge >= 0.3 is 11.9 Å². The zero-order chi connectivity index (χ0) is 17.5. The van der Waals surface area contributed by atoms with Crippen LogP contribution in [0.4, 0.5) is 5.69 Å². The Morgan fingerprint density at radius 2 is 1.79 bits per heavy atom. The summed E-state index contributed by atoms with van der Waals surface area (Å²) in [4.78, 5) is 22.2. The second kappa shape index (κ2) is 8.01. The van der Waals surface area contributed by atoms with Crippen molar-refractivity contribution in [2.45, 2.75) is 19.9 Å². The molecule has 0 aromatic heterocycles. The Balaban J connectivity index is 2.04. The molecule has 2 aromatic carbocycles. The maximum atomic E-state index is 11.4. The molecule has 2 N–H and O–H groups in total. The van der Waals surface area contributed by atoms with E-state index in [2.05, 4.69) is 5.32 Å². The van der Waals surface area contributed by atoms with Gasteiger partial charge in [-0.1, -0.05) is 13.0 Å². The lowest BCUT2D eigenvalue weighted by Crippen LogP contribution is -2.07. The Hall–Kier alpha value is -3.02. The molecule has 24 heavy (non-hydrogen) atoms. The molecule has 126 valence electrons. The van der Waals surface area contributed by atoms with E-state index in [-0.39, 0.29) is 11.5 Å². The van der Waals surface area contributed by atoms with Crippen molar-refractivity contribution in [3.8, 4) is 11.5 Å². The fourth-order valence-electron chi connectivity index (χ4n) is 2.04. The zero-order valence-electron chi connectivity index (χ0n) is 13.5. The van der Waals surface area contributed by atoms with Crippen LogP contribution in [0.3, 0.4) is 0 Å². The third-order valence-corrected chi connectivity index (χ3v) is 3.37. The van der Waals surface area contributed by atoms with Crippen molar-refractivity contribution in [3.05, 3.63) is 53.6 Å². The highest BCUT2D eigenvalue weighted by atomic mass is 16.6. The minimum Gasteiger partial charge on any atom is -0.493 e. The SMILES string of the molecule is CCC(=O)Oc1ccc(CNc2ccc(C(=O)O)cc2)cc1OC. The largest absolute Gasteiger partial charge is 0.493 e. The highest BCUT2D eigenvalue weighted by Gasteiger charge is 2.09. The highest BCUT2D eigenvalue weighted by Crippen LogP contribution is 2.28.